The van der Waals surface area contributed by atoms with E-state index in [2.05, 4.69) is 10.2 Å². The predicted octanol–water partition coefficient (Wildman–Crippen LogP) is 3.16. The van der Waals surface area contributed by atoms with Crippen LogP contribution in [0, 0.1) is 16.0 Å². The van der Waals surface area contributed by atoms with Gasteiger partial charge in [0.1, 0.15) is 5.69 Å². The molecule has 1 aromatic rings. The second-order valence-corrected chi connectivity index (χ2v) is 6.94. The third kappa shape index (κ3) is 5.46. The molecule has 27 heavy (non-hydrogen) atoms. The van der Waals surface area contributed by atoms with Crippen molar-refractivity contribution in [3.05, 3.63) is 33.9 Å². The van der Waals surface area contributed by atoms with Crippen LogP contribution in [-0.4, -0.2) is 55.6 Å². The third-order valence-corrected chi connectivity index (χ3v) is 5.19. The maximum absolute atomic E-state index is 12.8. The van der Waals surface area contributed by atoms with Gasteiger partial charge in [0.15, 0.2) is 0 Å². The number of halogens is 4. The van der Waals surface area contributed by atoms with E-state index in [0.29, 0.717) is 25.1 Å². The van der Waals surface area contributed by atoms with Crippen LogP contribution in [0.2, 0.25) is 0 Å². The van der Waals surface area contributed by atoms with E-state index in [-0.39, 0.29) is 18.1 Å². The van der Waals surface area contributed by atoms with Crippen molar-refractivity contribution < 1.29 is 18.1 Å². The summed E-state index contributed by atoms with van der Waals surface area (Å²) in [5.74, 6) is 0.670. The molecule has 2 aliphatic rings. The fraction of sp³-hybridized carbons (Fsp3) is 0.647. The molecule has 0 bridgehead atoms. The molecule has 10 heteroatoms. The SMILES string of the molecule is Cl.O=[N+]([O-])c1cc(C(F)(F)F)ccc1N1CCN(CC2CCNCC2)CC1. The second kappa shape index (κ2) is 9.07. The number of benzene rings is 1. The standard InChI is InChI=1S/C17H23F3N4O2.ClH/c18-17(19,20)14-1-2-15(16(11-14)24(25)26)23-9-7-22(8-10-23)12-13-3-5-21-6-4-13;/h1-2,11,13,21H,3-10,12H2;1H. The summed E-state index contributed by atoms with van der Waals surface area (Å²) in [6.45, 7) is 5.80. The van der Waals surface area contributed by atoms with Crippen molar-refractivity contribution in [2.75, 3.05) is 50.7 Å². The molecule has 0 amide bonds. The van der Waals surface area contributed by atoms with Crippen molar-refractivity contribution in [1.82, 2.24) is 10.2 Å². The molecule has 0 saturated carbocycles. The molecule has 3 rings (SSSR count). The Bertz CT molecular complexity index is 646. The molecule has 2 saturated heterocycles. The largest absolute Gasteiger partial charge is 0.416 e. The fourth-order valence-corrected chi connectivity index (χ4v) is 3.71. The van der Waals surface area contributed by atoms with Gasteiger partial charge < -0.3 is 10.2 Å². The lowest BCUT2D eigenvalue weighted by Crippen LogP contribution is -2.48. The van der Waals surface area contributed by atoms with Crippen LogP contribution in [0.15, 0.2) is 18.2 Å². The predicted molar refractivity (Wildman–Crippen MR) is 99.6 cm³/mol. The highest BCUT2D eigenvalue weighted by Gasteiger charge is 2.34. The quantitative estimate of drug-likeness (QED) is 0.612. The molecular formula is C17H24ClF3N4O2. The first-order valence-electron chi connectivity index (χ1n) is 8.88. The first-order chi connectivity index (χ1) is 12.3. The number of nitrogens with zero attached hydrogens (tertiary/aromatic N) is 3. The average Bonchev–Trinajstić information content (AvgIpc) is 2.62. The molecule has 0 radical (unpaired) electrons. The normalized spacial score (nSPS) is 19.6. The molecule has 0 atom stereocenters. The maximum atomic E-state index is 12.8. The van der Waals surface area contributed by atoms with Gasteiger partial charge in [0.2, 0.25) is 0 Å². The van der Waals surface area contributed by atoms with Crippen molar-refractivity contribution in [3.63, 3.8) is 0 Å². The summed E-state index contributed by atoms with van der Waals surface area (Å²) in [5, 5.41) is 14.6. The summed E-state index contributed by atoms with van der Waals surface area (Å²) in [6, 6.07) is 2.78. The number of nitrogens with one attached hydrogen (secondary N) is 1. The molecule has 2 fully saturated rings. The van der Waals surface area contributed by atoms with Crippen LogP contribution in [0.5, 0.6) is 0 Å². The molecule has 0 aromatic heterocycles. The Balaban J connectivity index is 0.00000261. The van der Waals surface area contributed by atoms with E-state index in [9.17, 15) is 23.3 Å². The van der Waals surface area contributed by atoms with Gasteiger partial charge in [-0.3, -0.25) is 15.0 Å². The van der Waals surface area contributed by atoms with Crippen LogP contribution >= 0.6 is 12.4 Å². The lowest BCUT2D eigenvalue weighted by atomic mass is 9.97. The van der Waals surface area contributed by atoms with Gasteiger partial charge >= 0.3 is 6.18 Å². The Labute approximate surface area is 162 Å². The first kappa shape index (κ1) is 21.7. The molecule has 0 unspecified atom stereocenters. The number of hydrogen-bond donors (Lipinski definition) is 1. The van der Waals surface area contributed by atoms with E-state index in [1.807, 2.05) is 4.90 Å². The van der Waals surface area contributed by atoms with Gasteiger partial charge in [-0.05, 0) is 44.0 Å². The summed E-state index contributed by atoms with van der Waals surface area (Å²) in [7, 11) is 0. The van der Waals surface area contributed by atoms with Crippen molar-refractivity contribution in [2.45, 2.75) is 19.0 Å². The van der Waals surface area contributed by atoms with Gasteiger partial charge in [-0.25, -0.2) is 0 Å². The molecule has 2 heterocycles. The zero-order valence-electron chi connectivity index (χ0n) is 14.9. The number of nitro benzene ring substituents is 1. The van der Waals surface area contributed by atoms with Crippen molar-refractivity contribution in [3.8, 4) is 0 Å². The molecule has 1 N–H and O–H groups in total. The van der Waals surface area contributed by atoms with Crippen LogP contribution in [0.25, 0.3) is 0 Å². The van der Waals surface area contributed by atoms with Crippen LogP contribution in [-0.2, 0) is 6.18 Å². The average molecular weight is 409 g/mol. The van der Waals surface area contributed by atoms with Crippen molar-refractivity contribution >= 4 is 23.8 Å². The van der Waals surface area contributed by atoms with Gasteiger partial charge in [-0.1, -0.05) is 0 Å². The Morgan fingerprint density at radius 2 is 1.78 bits per heavy atom. The summed E-state index contributed by atoms with van der Waals surface area (Å²) >= 11 is 0. The second-order valence-electron chi connectivity index (χ2n) is 6.94. The molecule has 152 valence electrons. The number of piperidine rings is 1. The third-order valence-electron chi connectivity index (χ3n) is 5.19. The van der Waals surface area contributed by atoms with Crippen LogP contribution in [0.3, 0.4) is 0 Å². The van der Waals surface area contributed by atoms with Crippen LogP contribution < -0.4 is 10.2 Å². The minimum absolute atomic E-state index is 0. The lowest BCUT2D eigenvalue weighted by Gasteiger charge is -2.38. The highest BCUT2D eigenvalue weighted by molar-refractivity contribution is 5.85. The monoisotopic (exact) mass is 408 g/mol. The van der Waals surface area contributed by atoms with E-state index >= 15 is 0 Å². The Hall–Kier alpha value is -1.58. The highest BCUT2D eigenvalue weighted by Crippen LogP contribution is 2.36. The summed E-state index contributed by atoms with van der Waals surface area (Å²) in [6.07, 6.45) is -2.27. The first-order valence-corrected chi connectivity index (χ1v) is 8.88. The minimum Gasteiger partial charge on any atom is -0.363 e. The van der Waals surface area contributed by atoms with Gasteiger partial charge in [0.25, 0.3) is 5.69 Å². The van der Waals surface area contributed by atoms with E-state index in [1.165, 1.54) is 6.07 Å². The van der Waals surface area contributed by atoms with E-state index < -0.39 is 22.4 Å². The number of hydrogen-bond acceptors (Lipinski definition) is 5. The highest BCUT2D eigenvalue weighted by atomic mass is 35.5. The van der Waals surface area contributed by atoms with Gasteiger partial charge in [-0.2, -0.15) is 13.2 Å². The van der Waals surface area contributed by atoms with Gasteiger partial charge in [0.05, 0.1) is 10.5 Å². The van der Waals surface area contributed by atoms with E-state index in [1.54, 1.807) is 0 Å². The zero-order chi connectivity index (χ0) is 18.7. The minimum atomic E-state index is -4.59. The Morgan fingerprint density at radius 3 is 2.33 bits per heavy atom. The number of piperazine rings is 1. The molecule has 6 nitrogen and oxygen atoms in total. The molecule has 2 aliphatic heterocycles. The maximum Gasteiger partial charge on any atom is 0.416 e. The number of nitro groups is 1. The lowest BCUT2D eigenvalue weighted by molar-refractivity contribution is -0.384. The van der Waals surface area contributed by atoms with Crippen LogP contribution in [0.4, 0.5) is 24.5 Å². The van der Waals surface area contributed by atoms with E-state index in [0.717, 1.165) is 51.6 Å². The molecular weight excluding hydrogens is 385 g/mol. The Kier molecular flexibility index (Phi) is 7.30. The fourth-order valence-electron chi connectivity index (χ4n) is 3.71. The number of alkyl halides is 3. The Morgan fingerprint density at radius 1 is 1.15 bits per heavy atom. The number of anilines is 1. The van der Waals surface area contributed by atoms with E-state index in [4.69, 9.17) is 0 Å². The smallest absolute Gasteiger partial charge is 0.363 e. The number of rotatable bonds is 4. The molecule has 0 spiro atoms. The van der Waals surface area contributed by atoms with Crippen LogP contribution in [0.1, 0.15) is 18.4 Å². The van der Waals surface area contributed by atoms with Gasteiger partial charge in [-0.15, -0.1) is 12.4 Å². The molecule has 1 aromatic carbocycles. The molecule has 0 aliphatic carbocycles. The van der Waals surface area contributed by atoms with Gasteiger partial charge in [0, 0.05) is 38.8 Å². The van der Waals surface area contributed by atoms with Crippen molar-refractivity contribution in [2.24, 2.45) is 5.92 Å². The summed E-state index contributed by atoms with van der Waals surface area (Å²) in [5.41, 5.74) is -1.20. The topological polar surface area (TPSA) is 61.7 Å². The zero-order valence-corrected chi connectivity index (χ0v) is 15.7. The summed E-state index contributed by atoms with van der Waals surface area (Å²) < 4.78 is 38.5. The van der Waals surface area contributed by atoms with Crippen molar-refractivity contribution in [1.29, 1.82) is 0 Å². The summed E-state index contributed by atoms with van der Waals surface area (Å²) in [4.78, 5) is 14.7.